The summed E-state index contributed by atoms with van der Waals surface area (Å²) >= 11 is 1.45. The van der Waals surface area contributed by atoms with Crippen LogP contribution in [-0.4, -0.2) is 15.5 Å². The smallest absolute Gasteiger partial charge is 0.258 e. The molecule has 4 rings (SSSR count). The van der Waals surface area contributed by atoms with E-state index in [-0.39, 0.29) is 30.4 Å². The molecule has 2 heterocycles. The van der Waals surface area contributed by atoms with Gasteiger partial charge in [-0.25, -0.2) is 4.98 Å². The number of benzene rings is 2. The highest BCUT2D eigenvalue weighted by molar-refractivity contribution is 7.13. The van der Waals surface area contributed by atoms with E-state index in [1.165, 1.54) is 18.3 Å². The van der Waals surface area contributed by atoms with Crippen LogP contribution >= 0.6 is 23.7 Å². The zero-order chi connectivity index (χ0) is 22.8. The number of nitrogens with two attached hydrogens (primary N) is 1. The summed E-state index contributed by atoms with van der Waals surface area (Å²) < 4.78 is 1.83. The Hall–Kier alpha value is -3.00. The van der Waals surface area contributed by atoms with Crippen molar-refractivity contribution in [3.63, 3.8) is 0 Å². The SMILES string of the molecule is CC(=O)Nc1csc(-c2ccc3c(=O)n(CC(C)C)c(CN)c(-c4ccccc4)c3c2)n1.Cl. The van der Waals surface area contributed by atoms with E-state index in [9.17, 15) is 9.59 Å². The third-order valence-corrected chi connectivity index (χ3v) is 6.13. The Morgan fingerprint density at radius 3 is 2.48 bits per heavy atom. The van der Waals surface area contributed by atoms with Gasteiger partial charge in [-0.2, -0.15) is 0 Å². The van der Waals surface area contributed by atoms with Crippen molar-refractivity contribution in [2.45, 2.75) is 33.9 Å². The summed E-state index contributed by atoms with van der Waals surface area (Å²) in [7, 11) is 0. The number of hydrogen-bond donors (Lipinski definition) is 2. The van der Waals surface area contributed by atoms with Crippen LogP contribution in [0.3, 0.4) is 0 Å². The molecule has 0 aliphatic rings. The van der Waals surface area contributed by atoms with Crippen molar-refractivity contribution in [3.8, 4) is 21.7 Å². The standard InChI is InChI=1S/C25H26N4O2S.ClH/c1-15(2)13-29-21(12-26)23(17-7-5-4-6-8-17)20-11-18(9-10-19(20)25(29)31)24-28-22(14-32-24)27-16(3)30;/h4-11,14-15H,12-13,26H2,1-3H3,(H,27,30);1H. The number of fused-ring (bicyclic) bond motifs is 1. The second kappa shape index (κ2) is 10.3. The molecule has 0 saturated heterocycles. The second-order valence-corrected chi connectivity index (χ2v) is 9.04. The first-order chi connectivity index (χ1) is 15.4. The van der Waals surface area contributed by atoms with Crippen LogP contribution in [0.5, 0.6) is 0 Å². The minimum Gasteiger partial charge on any atom is -0.325 e. The average Bonchev–Trinajstić information content (AvgIpc) is 3.23. The van der Waals surface area contributed by atoms with E-state index >= 15 is 0 Å². The van der Waals surface area contributed by atoms with Gasteiger partial charge >= 0.3 is 0 Å². The molecule has 8 heteroatoms. The first kappa shape index (κ1) is 24.6. The summed E-state index contributed by atoms with van der Waals surface area (Å²) in [5, 5.41) is 6.81. The minimum atomic E-state index is -0.162. The van der Waals surface area contributed by atoms with Crippen LogP contribution in [0.15, 0.2) is 58.7 Å². The Kier molecular flexibility index (Phi) is 7.68. The molecule has 0 unspecified atom stereocenters. The average molecular weight is 483 g/mol. The van der Waals surface area contributed by atoms with Crippen molar-refractivity contribution < 1.29 is 4.79 Å². The van der Waals surface area contributed by atoms with E-state index < -0.39 is 0 Å². The number of anilines is 1. The van der Waals surface area contributed by atoms with Gasteiger partial charge in [0, 0.05) is 47.6 Å². The van der Waals surface area contributed by atoms with Gasteiger partial charge in [-0.05, 0) is 29.0 Å². The lowest BCUT2D eigenvalue weighted by molar-refractivity contribution is -0.114. The molecular weight excluding hydrogens is 456 g/mol. The van der Waals surface area contributed by atoms with Crippen molar-refractivity contribution in [1.82, 2.24) is 9.55 Å². The first-order valence-electron chi connectivity index (χ1n) is 10.6. The molecule has 0 bridgehead atoms. The fraction of sp³-hybridized carbons (Fsp3) is 0.240. The first-order valence-corrected chi connectivity index (χ1v) is 11.5. The molecule has 0 spiro atoms. The predicted octanol–water partition coefficient (Wildman–Crippen LogP) is 5.29. The number of nitrogens with zero attached hydrogens (tertiary/aromatic N) is 2. The molecule has 0 atom stereocenters. The van der Waals surface area contributed by atoms with Crippen molar-refractivity contribution in [1.29, 1.82) is 0 Å². The number of carbonyl (C=O) groups is 1. The molecule has 0 fully saturated rings. The summed E-state index contributed by atoms with van der Waals surface area (Å²) in [5.74, 6) is 0.668. The molecule has 0 aliphatic carbocycles. The molecule has 172 valence electrons. The predicted molar refractivity (Wildman–Crippen MR) is 139 cm³/mol. The normalized spacial score (nSPS) is 10.9. The largest absolute Gasteiger partial charge is 0.325 e. The molecule has 2 aromatic carbocycles. The van der Waals surface area contributed by atoms with Gasteiger partial charge in [0.05, 0.1) is 0 Å². The molecule has 4 aromatic rings. The highest BCUT2D eigenvalue weighted by Gasteiger charge is 2.19. The Morgan fingerprint density at radius 1 is 1.12 bits per heavy atom. The van der Waals surface area contributed by atoms with Crippen LogP contribution in [0.25, 0.3) is 32.5 Å². The van der Waals surface area contributed by atoms with E-state index in [0.29, 0.717) is 23.7 Å². The zero-order valence-corrected chi connectivity index (χ0v) is 20.4. The quantitative estimate of drug-likeness (QED) is 0.391. The third kappa shape index (κ3) is 5.00. The highest BCUT2D eigenvalue weighted by Crippen LogP contribution is 2.35. The van der Waals surface area contributed by atoms with Crippen LogP contribution < -0.4 is 16.6 Å². The van der Waals surface area contributed by atoms with Gasteiger partial charge in [0.2, 0.25) is 5.91 Å². The van der Waals surface area contributed by atoms with Gasteiger partial charge in [-0.15, -0.1) is 23.7 Å². The van der Waals surface area contributed by atoms with Crippen molar-refractivity contribution in [3.05, 3.63) is 70.0 Å². The second-order valence-electron chi connectivity index (χ2n) is 8.18. The lowest BCUT2D eigenvalue weighted by Crippen LogP contribution is -2.28. The maximum absolute atomic E-state index is 13.4. The number of thiazole rings is 1. The number of aromatic nitrogens is 2. The fourth-order valence-electron chi connectivity index (χ4n) is 3.97. The molecular formula is C25H27ClN4O2S. The molecule has 1 amide bonds. The van der Waals surface area contributed by atoms with Gasteiger partial charge in [-0.3, -0.25) is 9.59 Å². The van der Waals surface area contributed by atoms with E-state index in [4.69, 9.17) is 5.73 Å². The summed E-state index contributed by atoms with van der Waals surface area (Å²) in [6.45, 7) is 6.51. The lowest BCUT2D eigenvalue weighted by Gasteiger charge is -2.21. The number of hydrogen-bond acceptors (Lipinski definition) is 5. The molecule has 0 saturated carbocycles. The van der Waals surface area contributed by atoms with Crippen molar-refractivity contribution in [2.24, 2.45) is 11.7 Å². The number of rotatable bonds is 6. The number of halogens is 1. The Morgan fingerprint density at radius 2 is 1.85 bits per heavy atom. The van der Waals surface area contributed by atoms with Gasteiger partial charge in [-0.1, -0.05) is 50.2 Å². The maximum atomic E-state index is 13.4. The van der Waals surface area contributed by atoms with E-state index in [1.54, 1.807) is 0 Å². The van der Waals surface area contributed by atoms with Crippen LogP contribution in [0.4, 0.5) is 5.82 Å². The number of carbonyl (C=O) groups excluding carboxylic acids is 1. The summed E-state index contributed by atoms with van der Waals surface area (Å²) in [6.07, 6.45) is 0. The monoisotopic (exact) mass is 482 g/mol. The Labute approximate surface area is 202 Å². The van der Waals surface area contributed by atoms with Crippen molar-refractivity contribution >= 4 is 46.2 Å². The topological polar surface area (TPSA) is 90.0 Å². The Bertz CT molecular complexity index is 1350. The van der Waals surface area contributed by atoms with Gasteiger partial charge in [0.1, 0.15) is 10.8 Å². The van der Waals surface area contributed by atoms with Gasteiger partial charge < -0.3 is 15.6 Å². The zero-order valence-electron chi connectivity index (χ0n) is 18.8. The summed E-state index contributed by atoms with van der Waals surface area (Å²) in [6, 6.07) is 15.8. The van der Waals surface area contributed by atoms with Crippen LogP contribution in [0, 0.1) is 5.92 Å². The molecule has 3 N–H and O–H groups in total. The summed E-state index contributed by atoms with van der Waals surface area (Å²) in [4.78, 5) is 29.3. The maximum Gasteiger partial charge on any atom is 0.258 e. The molecule has 6 nitrogen and oxygen atoms in total. The fourth-order valence-corrected chi connectivity index (χ4v) is 4.72. The number of nitrogens with one attached hydrogen (secondary N) is 1. The molecule has 33 heavy (non-hydrogen) atoms. The van der Waals surface area contributed by atoms with Crippen LogP contribution in [-0.2, 0) is 17.9 Å². The third-order valence-electron chi connectivity index (χ3n) is 5.24. The van der Waals surface area contributed by atoms with Gasteiger partial charge in [0.15, 0.2) is 0 Å². The van der Waals surface area contributed by atoms with Crippen LogP contribution in [0.2, 0.25) is 0 Å². The van der Waals surface area contributed by atoms with E-state index in [0.717, 1.165) is 32.8 Å². The molecule has 0 radical (unpaired) electrons. The van der Waals surface area contributed by atoms with Gasteiger partial charge in [0.25, 0.3) is 5.56 Å². The van der Waals surface area contributed by atoms with E-state index in [1.807, 2.05) is 58.5 Å². The highest BCUT2D eigenvalue weighted by atomic mass is 35.5. The Balaban J connectivity index is 0.00000306. The van der Waals surface area contributed by atoms with Crippen LogP contribution in [0.1, 0.15) is 26.5 Å². The number of amides is 1. The lowest BCUT2D eigenvalue weighted by atomic mass is 9.95. The molecule has 0 aliphatic heterocycles. The number of pyridine rings is 1. The summed E-state index contributed by atoms with van der Waals surface area (Å²) in [5.41, 5.74) is 9.90. The van der Waals surface area contributed by atoms with Crippen molar-refractivity contribution in [2.75, 3.05) is 5.32 Å². The van der Waals surface area contributed by atoms with E-state index in [2.05, 4.69) is 24.1 Å². The minimum absolute atomic E-state index is 0. The molecule has 2 aromatic heterocycles.